The molecule has 0 aliphatic carbocycles. The average molecular weight is 266 g/mol. The second kappa shape index (κ2) is 7.02. The van der Waals surface area contributed by atoms with E-state index in [1.165, 1.54) is 0 Å². The van der Waals surface area contributed by atoms with Crippen molar-refractivity contribution in [2.24, 2.45) is 0 Å². The predicted octanol–water partition coefficient (Wildman–Crippen LogP) is 4.05. The Morgan fingerprint density at radius 1 is 1.32 bits per heavy atom. The second-order valence-electron chi connectivity index (χ2n) is 4.66. The molecule has 2 N–H and O–H groups in total. The molecule has 1 rings (SSSR count). The van der Waals surface area contributed by atoms with E-state index in [0.29, 0.717) is 5.56 Å². The third kappa shape index (κ3) is 3.88. The molecule has 106 valence electrons. The number of aromatic hydroxyl groups is 1. The second-order valence-corrected chi connectivity index (χ2v) is 4.66. The van der Waals surface area contributed by atoms with Crippen LogP contribution < -0.4 is 4.74 Å². The topological polar surface area (TPSA) is 66.8 Å². The van der Waals surface area contributed by atoms with Gasteiger partial charge in [-0.15, -0.1) is 0 Å². The minimum absolute atomic E-state index is 0.0358. The number of phenols is 1. The lowest BCUT2D eigenvalue weighted by molar-refractivity contribution is 0.142. The number of unbranched alkanes of at least 4 members (excludes halogenated alkanes) is 2. The highest BCUT2D eigenvalue weighted by atomic mass is 16.7. The molecule has 4 heteroatoms. The number of ether oxygens (including phenoxy) is 1. The van der Waals surface area contributed by atoms with Gasteiger partial charge in [-0.05, 0) is 48.9 Å². The lowest BCUT2D eigenvalue weighted by Gasteiger charge is -2.15. The Morgan fingerprint density at radius 3 is 2.53 bits per heavy atom. The van der Waals surface area contributed by atoms with E-state index in [1.54, 1.807) is 13.0 Å². The Kier molecular flexibility index (Phi) is 5.67. The average Bonchev–Trinajstić information content (AvgIpc) is 2.35. The van der Waals surface area contributed by atoms with Gasteiger partial charge in [0, 0.05) is 0 Å². The molecule has 0 unspecified atom stereocenters. The van der Waals surface area contributed by atoms with Crippen LogP contribution >= 0.6 is 0 Å². The fourth-order valence-corrected chi connectivity index (χ4v) is 2.33. The van der Waals surface area contributed by atoms with E-state index >= 15 is 0 Å². The maximum absolute atomic E-state index is 10.6. The molecule has 1 aromatic rings. The number of benzene rings is 1. The Labute approximate surface area is 114 Å². The number of carbonyl (C=O) groups is 1. The molecule has 1 aromatic carbocycles. The van der Waals surface area contributed by atoms with Gasteiger partial charge in [-0.2, -0.15) is 0 Å². The van der Waals surface area contributed by atoms with Crippen molar-refractivity contribution in [3.8, 4) is 11.5 Å². The van der Waals surface area contributed by atoms with E-state index in [1.807, 2.05) is 6.92 Å². The van der Waals surface area contributed by atoms with Gasteiger partial charge in [0.2, 0.25) is 0 Å². The normalized spacial score (nSPS) is 10.5. The molecular weight excluding hydrogens is 244 g/mol. The maximum Gasteiger partial charge on any atom is 0.511 e. The van der Waals surface area contributed by atoms with Crippen LogP contribution in [-0.4, -0.2) is 16.4 Å². The van der Waals surface area contributed by atoms with Gasteiger partial charge in [0.15, 0.2) is 11.5 Å². The van der Waals surface area contributed by atoms with Crippen molar-refractivity contribution in [3.05, 3.63) is 22.8 Å². The fraction of sp³-hybridized carbons (Fsp3) is 0.533. The first-order chi connectivity index (χ1) is 9.01. The first-order valence-corrected chi connectivity index (χ1v) is 6.76. The SMILES string of the molecule is CCCCCc1cc(OC(=O)O)c(O)c(C)c1CC. The molecule has 0 saturated carbocycles. The summed E-state index contributed by atoms with van der Waals surface area (Å²) in [5.41, 5.74) is 2.88. The quantitative estimate of drug-likeness (QED) is 0.463. The Morgan fingerprint density at radius 2 is 2.00 bits per heavy atom. The van der Waals surface area contributed by atoms with Gasteiger partial charge in [-0.1, -0.05) is 26.7 Å². The van der Waals surface area contributed by atoms with E-state index in [4.69, 9.17) is 5.11 Å². The van der Waals surface area contributed by atoms with E-state index < -0.39 is 6.16 Å². The summed E-state index contributed by atoms with van der Waals surface area (Å²) in [5, 5.41) is 18.6. The van der Waals surface area contributed by atoms with Crippen molar-refractivity contribution < 1.29 is 19.7 Å². The summed E-state index contributed by atoms with van der Waals surface area (Å²) < 4.78 is 4.64. The summed E-state index contributed by atoms with van der Waals surface area (Å²) in [5.74, 6) is -0.0350. The molecule has 0 fully saturated rings. The lowest BCUT2D eigenvalue weighted by atomic mass is 9.94. The highest BCUT2D eigenvalue weighted by molar-refractivity contribution is 5.65. The fourth-order valence-electron chi connectivity index (χ4n) is 2.33. The van der Waals surface area contributed by atoms with Crippen molar-refractivity contribution in [1.29, 1.82) is 0 Å². The lowest BCUT2D eigenvalue weighted by Crippen LogP contribution is -2.06. The summed E-state index contributed by atoms with van der Waals surface area (Å²) >= 11 is 0. The van der Waals surface area contributed by atoms with Crippen molar-refractivity contribution in [2.75, 3.05) is 0 Å². The molecule has 0 saturated heterocycles. The van der Waals surface area contributed by atoms with Crippen LogP contribution in [0.25, 0.3) is 0 Å². The van der Waals surface area contributed by atoms with Crippen LogP contribution in [0.4, 0.5) is 4.79 Å². The minimum Gasteiger partial charge on any atom is -0.504 e. The summed E-state index contributed by atoms with van der Waals surface area (Å²) in [6.07, 6.45) is 3.62. The molecule has 0 aliphatic rings. The highest BCUT2D eigenvalue weighted by Gasteiger charge is 2.16. The molecule has 0 bridgehead atoms. The number of hydrogen-bond acceptors (Lipinski definition) is 3. The van der Waals surface area contributed by atoms with Gasteiger partial charge in [-0.25, -0.2) is 4.79 Å². The largest absolute Gasteiger partial charge is 0.511 e. The monoisotopic (exact) mass is 266 g/mol. The smallest absolute Gasteiger partial charge is 0.504 e. The summed E-state index contributed by atoms with van der Waals surface area (Å²) in [6, 6.07) is 1.66. The van der Waals surface area contributed by atoms with Gasteiger partial charge in [0.1, 0.15) is 0 Å². The van der Waals surface area contributed by atoms with Gasteiger partial charge in [0.25, 0.3) is 0 Å². The maximum atomic E-state index is 10.6. The molecule has 4 nitrogen and oxygen atoms in total. The third-order valence-corrected chi connectivity index (χ3v) is 3.33. The molecule has 0 radical (unpaired) electrons. The van der Waals surface area contributed by atoms with Crippen LogP contribution in [-0.2, 0) is 12.8 Å². The summed E-state index contributed by atoms with van der Waals surface area (Å²) in [4.78, 5) is 10.6. The van der Waals surface area contributed by atoms with E-state index in [-0.39, 0.29) is 11.5 Å². The van der Waals surface area contributed by atoms with Crippen LogP contribution in [0.5, 0.6) is 11.5 Å². The minimum atomic E-state index is -1.40. The van der Waals surface area contributed by atoms with E-state index in [0.717, 1.165) is 43.2 Å². The van der Waals surface area contributed by atoms with Crippen LogP contribution in [0.1, 0.15) is 49.8 Å². The first-order valence-electron chi connectivity index (χ1n) is 6.76. The van der Waals surface area contributed by atoms with Crippen LogP contribution in [0.2, 0.25) is 0 Å². The van der Waals surface area contributed by atoms with Crippen molar-refractivity contribution in [2.45, 2.75) is 52.9 Å². The zero-order chi connectivity index (χ0) is 14.4. The zero-order valence-corrected chi connectivity index (χ0v) is 11.8. The standard InChI is InChI=1S/C15H22O4/c1-4-6-7-8-11-9-13(19-15(17)18)14(16)10(3)12(11)5-2/h9,16H,4-8H2,1-3H3,(H,17,18). The van der Waals surface area contributed by atoms with E-state index in [9.17, 15) is 9.90 Å². The molecule has 0 heterocycles. The third-order valence-electron chi connectivity index (χ3n) is 3.33. The van der Waals surface area contributed by atoms with Crippen LogP contribution in [0, 0.1) is 6.92 Å². The molecular formula is C15H22O4. The summed E-state index contributed by atoms with van der Waals surface area (Å²) in [7, 11) is 0. The number of phenolic OH excluding ortho intramolecular Hbond substituents is 1. The van der Waals surface area contributed by atoms with Crippen molar-refractivity contribution in [3.63, 3.8) is 0 Å². The number of hydrogen-bond donors (Lipinski definition) is 2. The van der Waals surface area contributed by atoms with Crippen molar-refractivity contribution in [1.82, 2.24) is 0 Å². The molecule has 0 amide bonds. The summed E-state index contributed by atoms with van der Waals surface area (Å²) in [6.45, 7) is 5.97. The zero-order valence-electron chi connectivity index (χ0n) is 11.8. The Balaban J connectivity index is 3.11. The van der Waals surface area contributed by atoms with Gasteiger partial charge < -0.3 is 14.9 Å². The number of carboxylic acid groups (broad SMARTS) is 1. The predicted molar refractivity (Wildman–Crippen MR) is 74.1 cm³/mol. The van der Waals surface area contributed by atoms with E-state index in [2.05, 4.69) is 11.7 Å². The van der Waals surface area contributed by atoms with Crippen molar-refractivity contribution >= 4 is 6.16 Å². The van der Waals surface area contributed by atoms with Crippen LogP contribution in [0.15, 0.2) is 6.07 Å². The van der Waals surface area contributed by atoms with Gasteiger partial charge >= 0.3 is 6.16 Å². The molecule has 19 heavy (non-hydrogen) atoms. The Bertz CT molecular complexity index is 452. The highest BCUT2D eigenvalue weighted by Crippen LogP contribution is 2.35. The Hall–Kier alpha value is -1.71. The molecule has 0 atom stereocenters. The first kappa shape index (κ1) is 15.3. The number of aryl methyl sites for hydroxylation is 1. The number of rotatable bonds is 6. The van der Waals surface area contributed by atoms with Crippen LogP contribution in [0.3, 0.4) is 0 Å². The molecule has 0 aromatic heterocycles. The van der Waals surface area contributed by atoms with Gasteiger partial charge in [-0.3, -0.25) is 0 Å². The molecule has 0 aliphatic heterocycles. The molecule has 0 spiro atoms. The van der Waals surface area contributed by atoms with Gasteiger partial charge in [0.05, 0.1) is 0 Å².